The van der Waals surface area contributed by atoms with Crippen LogP contribution in [-0.2, 0) is 5.75 Å². The molecule has 0 aromatic carbocycles. The number of fused-ring (bicyclic) bond motifs is 1. The molecule has 0 radical (unpaired) electrons. The molecule has 0 amide bonds. The van der Waals surface area contributed by atoms with Crippen LogP contribution in [0.1, 0.15) is 5.69 Å². The quantitative estimate of drug-likeness (QED) is 0.762. The summed E-state index contributed by atoms with van der Waals surface area (Å²) in [5.74, 6) is 0.711. The molecule has 0 atom stereocenters. The third-order valence-electron chi connectivity index (χ3n) is 1.71. The van der Waals surface area contributed by atoms with Crippen LogP contribution in [0, 0.1) is 0 Å². The second-order valence-electron chi connectivity index (χ2n) is 2.48. The van der Waals surface area contributed by atoms with Crippen molar-refractivity contribution < 1.29 is 0 Å². The van der Waals surface area contributed by atoms with Crippen molar-refractivity contribution in [3.8, 4) is 0 Å². The Balaban J connectivity index is 2.73. The van der Waals surface area contributed by atoms with Crippen molar-refractivity contribution in [2.75, 3.05) is 0 Å². The minimum absolute atomic E-state index is 0.711. The number of hydrogen-bond donors (Lipinski definition) is 1. The first kappa shape index (κ1) is 8.13. The van der Waals surface area contributed by atoms with Gasteiger partial charge in [0.05, 0.1) is 11.9 Å². The third-order valence-corrected chi connectivity index (χ3v) is 2.53. The van der Waals surface area contributed by atoms with E-state index >= 15 is 0 Å². The Hall–Kier alpha value is -0.480. The van der Waals surface area contributed by atoms with Gasteiger partial charge in [0.25, 0.3) is 0 Å². The molecule has 2 aromatic rings. The number of pyridine rings is 1. The van der Waals surface area contributed by atoms with E-state index in [1.807, 2.05) is 28.9 Å². The van der Waals surface area contributed by atoms with Crippen LogP contribution < -0.4 is 0 Å². The van der Waals surface area contributed by atoms with Crippen molar-refractivity contribution in [1.29, 1.82) is 0 Å². The molecule has 0 aliphatic rings. The van der Waals surface area contributed by atoms with E-state index in [1.54, 1.807) is 0 Å². The molecular formula is C8H7BrN2S. The molecule has 0 spiro atoms. The molecule has 0 saturated carbocycles. The summed E-state index contributed by atoms with van der Waals surface area (Å²) in [6.07, 6.45) is 3.83. The van der Waals surface area contributed by atoms with Gasteiger partial charge in [0.1, 0.15) is 5.65 Å². The SMILES string of the molecule is SCc1cnc2cc(Br)ccn12. The van der Waals surface area contributed by atoms with Crippen LogP contribution >= 0.6 is 28.6 Å². The molecule has 2 nitrogen and oxygen atoms in total. The van der Waals surface area contributed by atoms with Crippen LogP contribution in [0.3, 0.4) is 0 Å². The molecule has 0 aliphatic carbocycles. The summed E-state index contributed by atoms with van der Waals surface area (Å²) in [6.45, 7) is 0. The van der Waals surface area contributed by atoms with Gasteiger partial charge >= 0.3 is 0 Å². The number of aromatic nitrogens is 2. The highest BCUT2D eigenvalue weighted by Crippen LogP contribution is 2.14. The van der Waals surface area contributed by atoms with Crippen LogP contribution in [0.5, 0.6) is 0 Å². The summed E-state index contributed by atoms with van der Waals surface area (Å²) in [6, 6.07) is 3.97. The maximum Gasteiger partial charge on any atom is 0.138 e. The maximum atomic E-state index is 4.23. The van der Waals surface area contributed by atoms with E-state index in [1.165, 1.54) is 0 Å². The van der Waals surface area contributed by atoms with E-state index in [0.717, 1.165) is 15.8 Å². The van der Waals surface area contributed by atoms with Gasteiger partial charge in [-0.1, -0.05) is 15.9 Å². The smallest absolute Gasteiger partial charge is 0.138 e. The zero-order chi connectivity index (χ0) is 8.55. The van der Waals surface area contributed by atoms with Gasteiger partial charge in [0.15, 0.2) is 0 Å². The van der Waals surface area contributed by atoms with Crippen molar-refractivity contribution in [2.24, 2.45) is 0 Å². The number of nitrogens with zero attached hydrogens (tertiary/aromatic N) is 2. The Kier molecular flexibility index (Phi) is 2.11. The molecule has 2 rings (SSSR count). The van der Waals surface area contributed by atoms with Crippen molar-refractivity contribution in [3.63, 3.8) is 0 Å². The summed E-state index contributed by atoms with van der Waals surface area (Å²) in [5, 5.41) is 0. The lowest BCUT2D eigenvalue weighted by Gasteiger charge is -1.97. The van der Waals surface area contributed by atoms with Crippen molar-refractivity contribution in [1.82, 2.24) is 9.38 Å². The van der Waals surface area contributed by atoms with Gasteiger partial charge < -0.3 is 4.40 Å². The second kappa shape index (κ2) is 3.11. The average molecular weight is 243 g/mol. The fraction of sp³-hybridized carbons (Fsp3) is 0.125. The molecule has 2 aromatic heterocycles. The predicted octanol–water partition coefficient (Wildman–Crippen LogP) is 2.53. The van der Waals surface area contributed by atoms with Crippen molar-refractivity contribution in [3.05, 3.63) is 34.7 Å². The number of rotatable bonds is 1. The van der Waals surface area contributed by atoms with Crippen LogP contribution in [0.4, 0.5) is 0 Å². The Labute approximate surface area is 84.2 Å². The maximum absolute atomic E-state index is 4.23. The Morgan fingerprint density at radius 3 is 3.17 bits per heavy atom. The molecule has 12 heavy (non-hydrogen) atoms. The molecular weight excluding hydrogens is 236 g/mol. The molecule has 0 unspecified atom stereocenters. The normalized spacial score (nSPS) is 10.8. The topological polar surface area (TPSA) is 17.3 Å². The Bertz CT molecular complexity index is 410. The minimum Gasteiger partial charge on any atom is -0.303 e. The van der Waals surface area contributed by atoms with E-state index < -0.39 is 0 Å². The number of halogens is 1. The van der Waals surface area contributed by atoms with E-state index in [2.05, 4.69) is 33.5 Å². The summed E-state index contributed by atoms with van der Waals surface area (Å²) in [5.41, 5.74) is 2.06. The summed E-state index contributed by atoms with van der Waals surface area (Å²) in [4.78, 5) is 4.23. The molecule has 2 heterocycles. The lowest BCUT2D eigenvalue weighted by Crippen LogP contribution is -1.88. The summed E-state index contributed by atoms with van der Waals surface area (Å²) >= 11 is 7.60. The number of imidazole rings is 1. The van der Waals surface area contributed by atoms with Gasteiger partial charge in [-0.2, -0.15) is 12.6 Å². The Morgan fingerprint density at radius 1 is 1.58 bits per heavy atom. The highest BCUT2D eigenvalue weighted by molar-refractivity contribution is 9.10. The average Bonchev–Trinajstić information content (AvgIpc) is 2.46. The van der Waals surface area contributed by atoms with Gasteiger partial charge in [0.2, 0.25) is 0 Å². The van der Waals surface area contributed by atoms with E-state index in [0.29, 0.717) is 5.75 Å². The molecule has 0 fully saturated rings. The van der Waals surface area contributed by atoms with Crippen LogP contribution in [0.15, 0.2) is 29.0 Å². The first-order valence-corrected chi connectivity index (χ1v) is 4.96. The zero-order valence-corrected chi connectivity index (χ0v) is 8.72. The van der Waals surface area contributed by atoms with Crippen LogP contribution in [0.2, 0.25) is 0 Å². The fourth-order valence-corrected chi connectivity index (χ4v) is 1.68. The van der Waals surface area contributed by atoms with E-state index in [9.17, 15) is 0 Å². The van der Waals surface area contributed by atoms with Crippen LogP contribution in [0.25, 0.3) is 5.65 Å². The van der Waals surface area contributed by atoms with E-state index in [-0.39, 0.29) is 0 Å². The van der Waals surface area contributed by atoms with Gasteiger partial charge in [0, 0.05) is 16.4 Å². The summed E-state index contributed by atoms with van der Waals surface area (Å²) < 4.78 is 3.07. The largest absolute Gasteiger partial charge is 0.303 e. The van der Waals surface area contributed by atoms with E-state index in [4.69, 9.17) is 0 Å². The summed E-state index contributed by atoms with van der Waals surface area (Å²) in [7, 11) is 0. The van der Waals surface area contributed by atoms with Crippen LogP contribution in [-0.4, -0.2) is 9.38 Å². The first-order chi connectivity index (χ1) is 5.81. The van der Waals surface area contributed by atoms with Gasteiger partial charge in [-0.25, -0.2) is 4.98 Å². The molecule has 0 bridgehead atoms. The minimum atomic E-state index is 0.711. The molecule has 0 N–H and O–H groups in total. The third kappa shape index (κ3) is 1.25. The first-order valence-electron chi connectivity index (χ1n) is 3.53. The highest BCUT2D eigenvalue weighted by Gasteiger charge is 2.00. The molecule has 4 heteroatoms. The van der Waals surface area contributed by atoms with Gasteiger partial charge in [-0.15, -0.1) is 0 Å². The lowest BCUT2D eigenvalue weighted by molar-refractivity contribution is 1.09. The monoisotopic (exact) mass is 242 g/mol. The molecule has 0 aliphatic heterocycles. The zero-order valence-electron chi connectivity index (χ0n) is 6.24. The Morgan fingerprint density at radius 2 is 2.42 bits per heavy atom. The standard InChI is InChI=1S/C8H7BrN2S/c9-6-1-2-11-7(5-12)4-10-8(11)3-6/h1-4,12H,5H2. The lowest BCUT2D eigenvalue weighted by atomic mass is 10.4. The van der Waals surface area contributed by atoms with Gasteiger partial charge in [-0.3, -0.25) is 0 Å². The van der Waals surface area contributed by atoms with Gasteiger partial charge in [-0.05, 0) is 12.1 Å². The number of thiol groups is 1. The van der Waals surface area contributed by atoms with Crippen molar-refractivity contribution in [2.45, 2.75) is 5.75 Å². The fourth-order valence-electron chi connectivity index (χ4n) is 1.13. The molecule has 0 saturated heterocycles. The van der Waals surface area contributed by atoms with Crippen molar-refractivity contribution >= 4 is 34.2 Å². The second-order valence-corrected chi connectivity index (χ2v) is 3.71. The predicted molar refractivity (Wildman–Crippen MR) is 55.6 cm³/mol. The number of hydrogen-bond acceptors (Lipinski definition) is 2. The highest BCUT2D eigenvalue weighted by atomic mass is 79.9. The molecule has 62 valence electrons.